The summed E-state index contributed by atoms with van der Waals surface area (Å²) >= 11 is 0. The average molecular weight is 408 g/mol. The van der Waals surface area contributed by atoms with E-state index >= 15 is 0 Å². The molecule has 0 bridgehead atoms. The maximum atomic E-state index is 12.8. The number of non-ortho nitro benzene ring substituents is 1. The van der Waals surface area contributed by atoms with E-state index in [1.165, 1.54) is 19.1 Å². The molecule has 0 spiro atoms. The van der Waals surface area contributed by atoms with E-state index in [9.17, 15) is 19.7 Å². The van der Waals surface area contributed by atoms with Gasteiger partial charge in [0, 0.05) is 28.7 Å². The summed E-state index contributed by atoms with van der Waals surface area (Å²) in [7, 11) is 0. The number of nitro benzene ring substituents is 1. The molecular weight excluding hydrogens is 388 g/mol. The van der Waals surface area contributed by atoms with Crippen LogP contribution in [0.4, 0.5) is 5.69 Å². The number of hydrogen-bond donors (Lipinski definition) is 4. The summed E-state index contributed by atoms with van der Waals surface area (Å²) in [6.07, 6.45) is 0.390. The van der Waals surface area contributed by atoms with E-state index in [0.717, 1.165) is 27.7 Å². The molecule has 2 aromatic carbocycles. The molecule has 30 heavy (non-hydrogen) atoms. The minimum absolute atomic E-state index is 0.0176. The molecule has 9 heteroatoms. The van der Waals surface area contributed by atoms with Gasteiger partial charge >= 0.3 is 5.97 Å². The molecule has 154 valence electrons. The van der Waals surface area contributed by atoms with E-state index in [1.807, 2.05) is 24.3 Å². The number of amides is 1. The summed E-state index contributed by atoms with van der Waals surface area (Å²) in [6.45, 7) is 1.41. The molecule has 4 rings (SSSR count). The topological polar surface area (TPSA) is 137 Å². The third-order valence-electron chi connectivity index (χ3n) is 5.39. The first-order chi connectivity index (χ1) is 14.3. The lowest BCUT2D eigenvalue weighted by Gasteiger charge is -2.31. The minimum Gasteiger partial charge on any atom is -0.480 e. The molecular formula is C21H20N4O5. The summed E-state index contributed by atoms with van der Waals surface area (Å²) in [5.74, 6) is -1.52. The van der Waals surface area contributed by atoms with Crippen molar-refractivity contribution in [3.8, 4) is 0 Å². The number of para-hydroxylation sites is 1. The standard InChI is InChI=1S/C21H20N4O5/c1-11(21(27)28)22-20(26)17-10-15-14-4-2-3-5-16(14)23-19(15)18(24-17)12-6-8-13(9-7-12)25(29)30/h2-9,11,17-18,23-24H,10H2,1H3,(H,22,26)(H,27,28)/t11-,17-,18-/m0/s1. The summed E-state index contributed by atoms with van der Waals surface area (Å²) in [6, 6.07) is 11.8. The van der Waals surface area contributed by atoms with Crippen LogP contribution < -0.4 is 10.6 Å². The van der Waals surface area contributed by atoms with Crippen LogP contribution in [0.5, 0.6) is 0 Å². The second kappa shape index (κ2) is 7.60. The van der Waals surface area contributed by atoms with Gasteiger partial charge < -0.3 is 15.4 Å². The van der Waals surface area contributed by atoms with Crippen LogP contribution in [0.3, 0.4) is 0 Å². The number of aromatic amines is 1. The Hall–Kier alpha value is -3.72. The van der Waals surface area contributed by atoms with Gasteiger partial charge in [-0.2, -0.15) is 0 Å². The highest BCUT2D eigenvalue weighted by molar-refractivity contribution is 5.90. The van der Waals surface area contributed by atoms with Crippen molar-refractivity contribution in [1.82, 2.24) is 15.6 Å². The number of hydrogen-bond acceptors (Lipinski definition) is 5. The lowest BCUT2D eigenvalue weighted by molar-refractivity contribution is -0.384. The summed E-state index contributed by atoms with van der Waals surface area (Å²) < 4.78 is 0. The van der Waals surface area contributed by atoms with Gasteiger partial charge in [0.25, 0.3) is 5.69 Å². The van der Waals surface area contributed by atoms with Crippen molar-refractivity contribution in [3.05, 3.63) is 75.5 Å². The van der Waals surface area contributed by atoms with Crippen LogP contribution in [0.15, 0.2) is 48.5 Å². The van der Waals surface area contributed by atoms with E-state index in [0.29, 0.717) is 6.42 Å². The molecule has 3 atom stereocenters. The smallest absolute Gasteiger partial charge is 0.325 e. The number of aliphatic carboxylic acids is 1. The Bertz CT molecular complexity index is 1140. The second-order valence-corrected chi connectivity index (χ2v) is 7.34. The highest BCUT2D eigenvalue weighted by Gasteiger charge is 2.34. The Labute approximate surface area is 171 Å². The normalized spacial score (nSPS) is 19.1. The van der Waals surface area contributed by atoms with Crippen molar-refractivity contribution in [1.29, 1.82) is 0 Å². The summed E-state index contributed by atoms with van der Waals surface area (Å²) in [4.78, 5) is 37.8. The van der Waals surface area contributed by atoms with Crippen molar-refractivity contribution >= 4 is 28.5 Å². The van der Waals surface area contributed by atoms with Crippen LogP contribution >= 0.6 is 0 Å². The molecule has 4 N–H and O–H groups in total. The molecule has 9 nitrogen and oxygen atoms in total. The zero-order valence-corrected chi connectivity index (χ0v) is 16.1. The number of nitrogens with zero attached hydrogens (tertiary/aromatic N) is 1. The Morgan fingerprint density at radius 2 is 1.90 bits per heavy atom. The number of aromatic nitrogens is 1. The zero-order chi connectivity index (χ0) is 21.4. The van der Waals surface area contributed by atoms with Crippen LogP contribution in [-0.2, 0) is 16.0 Å². The van der Waals surface area contributed by atoms with Crippen molar-refractivity contribution < 1.29 is 19.6 Å². The number of carbonyl (C=O) groups excluding carboxylic acids is 1. The molecule has 1 aromatic heterocycles. The maximum Gasteiger partial charge on any atom is 0.325 e. The predicted molar refractivity (Wildman–Crippen MR) is 109 cm³/mol. The third-order valence-corrected chi connectivity index (χ3v) is 5.39. The quantitative estimate of drug-likeness (QED) is 0.377. The fourth-order valence-corrected chi connectivity index (χ4v) is 3.83. The van der Waals surface area contributed by atoms with Crippen LogP contribution in [0, 0.1) is 10.1 Å². The number of benzene rings is 2. The van der Waals surface area contributed by atoms with Crippen molar-refractivity contribution in [3.63, 3.8) is 0 Å². The number of carboxylic acid groups (broad SMARTS) is 1. The van der Waals surface area contributed by atoms with E-state index in [2.05, 4.69) is 15.6 Å². The molecule has 1 aliphatic rings. The fraction of sp³-hybridized carbons (Fsp3) is 0.238. The van der Waals surface area contributed by atoms with E-state index in [1.54, 1.807) is 12.1 Å². The highest BCUT2D eigenvalue weighted by atomic mass is 16.6. The summed E-state index contributed by atoms with van der Waals surface area (Å²) in [5.41, 5.74) is 3.53. The number of carboxylic acids is 1. The van der Waals surface area contributed by atoms with Gasteiger partial charge in [-0.25, -0.2) is 0 Å². The van der Waals surface area contributed by atoms with Crippen molar-refractivity contribution in [2.24, 2.45) is 0 Å². The number of rotatable bonds is 5. The van der Waals surface area contributed by atoms with Crippen molar-refractivity contribution in [2.75, 3.05) is 0 Å². The highest BCUT2D eigenvalue weighted by Crippen LogP contribution is 2.35. The first-order valence-electron chi connectivity index (χ1n) is 9.48. The van der Waals surface area contributed by atoms with Gasteiger partial charge in [-0.3, -0.25) is 25.0 Å². The predicted octanol–water partition coefficient (Wildman–Crippen LogP) is 2.27. The van der Waals surface area contributed by atoms with Crippen molar-refractivity contribution in [2.45, 2.75) is 31.5 Å². The van der Waals surface area contributed by atoms with E-state index < -0.39 is 34.9 Å². The largest absolute Gasteiger partial charge is 0.480 e. The number of nitro groups is 1. The molecule has 0 fully saturated rings. The molecule has 1 aliphatic heterocycles. The zero-order valence-electron chi connectivity index (χ0n) is 16.1. The van der Waals surface area contributed by atoms with Gasteiger partial charge in [-0.1, -0.05) is 30.3 Å². The molecule has 0 unspecified atom stereocenters. The Kier molecular flexibility index (Phi) is 4.96. The average Bonchev–Trinajstić information content (AvgIpc) is 3.11. The molecule has 0 saturated carbocycles. The van der Waals surface area contributed by atoms with E-state index in [-0.39, 0.29) is 5.69 Å². The van der Waals surface area contributed by atoms with Gasteiger partial charge in [-0.05, 0) is 30.5 Å². The molecule has 3 aromatic rings. The minimum atomic E-state index is -1.11. The molecule has 1 amide bonds. The number of carbonyl (C=O) groups is 2. The number of H-pyrrole nitrogens is 1. The van der Waals surface area contributed by atoms with Gasteiger partial charge in [0.1, 0.15) is 6.04 Å². The molecule has 2 heterocycles. The maximum absolute atomic E-state index is 12.8. The van der Waals surface area contributed by atoms with Crippen LogP contribution in [0.1, 0.15) is 29.8 Å². The molecule has 0 aliphatic carbocycles. The van der Waals surface area contributed by atoms with Crippen LogP contribution in [0.2, 0.25) is 0 Å². The van der Waals surface area contributed by atoms with Gasteiger partial charge in [0.2, 0.25) is 5.91 Å². The first-order valence-corrected chi connectivity index (χ1v) is 9.48. The monoisotopic (exact) mass is 408 g/mol. The number of fused-ring (bicyclic) bond motifs is 3. The second-order valence-electron chi connectivity index (χ2n) is 7.34. The Morgan fingerprint density at radius 3 is 2.57 bits per heavy atom. The van der Waals surface area contributed by atoms with Gasteiger partial charge in [-0.15, -0.1) is 0 Å². The first kappa shape index (κ1) is 19.6. The SMILES string of the molecule is C[C@H](NC(=O)[C@@H]1Cc2c([nH]c3ccccc23)[C@H](c2ccc([N+](=O)[O-])cc2)N1)C(=O)O. The van der Waals surface area contributed by atoms with Gasteiger partial charge in [0.15, 0.2) is 0 Å². The molecule has 0 saturated heterocycles. The molecule has 0 radical (unpaired) electrons. The van der Waals surface area contributed by atoms with Crippen LogP contribution in [-0.4, -0.2) is 39.0 Å². The van der Waals surface area contributed by atoms with Gasteiger partial charge in [0.05, 0.1) is 17.0 Å². The fourth-order valence-electron chi connectivity index (χ4n) is 3.83. The van der Waals surface area contributed by atoms with Crippen LogP contribution in [0.25, 0.3) is 10.9 Å². The lowest BCUT2D eigenvalue weighted by Crippen LogP contribution is -2.52. The summed E-state index contributed by atoms with van der Waals surface area (Å²) in [5, 5.41) is 26.9. The van der Waals surface area contributed by atoms with E-state index in [4.69, 9.17) is 5.11 Å². The Morgan fingerprint density at radius 1 is 1.20 bits per heavy atom. The third kappa shape index (κ3) is 3.50. The lowest BCUT2D eigenvalue weighted by atomic mass is 9.90. The number of nitrogens with one attached hydrogen (secondary N) is 3. The Balaban J connectivity index is 1.74.